The monoisotopic (exact) mass is 465 g/mol. The molecule has 33 heavy (non-hydrogen) atoms. The van der Waals surface area contributed by atoms with Crippen LogP contribution in [0, 0.1) is 12.7 Å². The molecular weight excluding hydrogens is 445 g/mol. The predicted octanol–water partition coefficient (Wildman–Crippen LogP) is 5.81. The van der Waals surface area contributed by atoms with Crippen LogP contribution in [0.15, 0.2) is 72.3 Å². The molecule has 1 aliphatic rings. The molecule has 1 aliphatic heterocycles. The number of ketones is 1. The largest absolute Gasteiger partial charge is 0.507 e. The SMILES string of the molecule is CCOc1ccc(C2/C(=C(/O)c3ccc(F)c(C)c3)C(=O)C(=O)N2c2ccc(Cl)cc2)cc1. The van der Waals surface area contributed by atoms with Crippen LogP contribution in [0.5, 0.6) is 5.75 Å². The molecule has 1 atom stereocenters. The first-order valence-corrected chi connectivity index (χ1v) is 10.8. The summed E-state index contributed by atoms with van der Waals surface area (Å²) in [4.78, 5) is 27.6. The van der Waals surface area contributed by atoms with Crippen LogP contribution in [0.3, 0.4) is 0 Å². The van der Waals surface area contributed by atoms with Gasteiger partial charge < -0.3 is 9.84 Å². The second-order valence-electron chi connectivity index (χ2n) is 7.61. The number of amides is 1. The highest BCUT2D eigenvalue weighted by molar-refractivity contribution is 6.51. The topological polar surface area (TPSA) is 66.8 Å². The molecule has 4 rings (SSSR count). The zero-order valence-electron chi connectivity index (χ0n) is 18.0. The molecule has 1 unspecified atom stereocenters. The quantitative estimate of drug-likeness (QED) is 0.293. The van der Waals surface area contributed by atoms with Crippen molar-refractivity contribution in [3.05, 3.63) is 99.8 Å². The second kappa shape index (κ2) is 9.08. The van der Waals surface area contributed by atoms with Crippen molar-refractivity contribution in [1.82, 2.24) is 0 Å². The average molecular weight is 466 g/mol. The third-order valence-electron chi connectivity index (χ3n) is 5.49. The van der Waals surface area contributed by atoms with Gasteiger partial charge in [0.15, 0.2) is 0 Å². The van der Waals surface area contributed by atoms with Crippen molar-refractivity contribution in [1.29, 1.82) is 0 Å². The Hall–Kier alpha value is -3.64. The van der Waals surface area contributed by atoms with Gasteiger partial charge in [0.1, 0.15) is 17.3 Å². The van der Waals surface area contributed by atoms with Gasteiger partial charge in [-0.15, -0.1) is 0 Å². The first-order chi connectivity index (χ1) is 15.8. The van der Waals surface area contributed by atoms with Crippen molar-refractivity contribution in [2.45, 2.75) is 19.9 Å². The Kier molecular flexibility index (Phi) is 6.20. The van der Waals surface area contributed by atoms with Crippen molar-refractivity contribution >= 4 is 34.7 Å². The van der Waals surface area contributed by atoms with Gasteiger partial charge in [-0.2, -0.15) is 0 Å². The molecule has 1 fully saturated rings. The number of aryl methyl sites for hydroxylation is 1. The number of aliphatic hydroxyl groups is 1. The number of hydrogen-bond acceptors (Lipinski definition) is 4. The lowest BCUT2D eigenvalue weighted by molar-refractivity contribution is -0.132. The summed E-state index contributed by atoms with van der Waals surface area (Å²) in [5.74, 6) is -1.78. The minimum atomic E-state index is -0.896. The lowest BCUT2D eigenvalue weighted by atomic mass is 9.94. The third kappa shape index (κ3) is 4.22. The van der Waals surface area contributed by atoms with E-state index in [1.54, 1.807) is 55.5 Å². The summed E-state index contributed by atoms with van der Waals surface area (Å²) in [5, 5.41) is 11.6. The van der Waals surface area contributed by atoms with Crippen LogP contribution in [0.25, 0.3) is 5.76 Å². The van der Waals surface area contributed by atoms with E-state index >= 15 is 0 Å². The fraction of sp³-hybridized carbons (Fsp3) is 0.154. The zero-order chi connectivity index (χ0) is 23.7. The summed E-state index contributed by atoms with van der Waals surface area (Å²) < 4.78 is 19.3. The molecule has 0 bridgehead atoms. The maximum atomic E-state index is 13.8. The van der Waals surface area contributed by atoms with Crippen molar-refractivity contribution in [2.24, 2.45) is 0 Å². The van der Waals surface area contributed by atoms with E-state index in [1.165, 1.54) is 23.1 Å². The van der Waals surface area contributed by atoms with Gasteiger partial charge in [0, 0.05) is 16.3 Å². The van der Waals surface area contributed by atoms with E-state index < -0.39 is 23.5 Å². The third-order valence-corrected chi connectivity index (χ3v) is 5.74. The van der Waals surface area contributed by atoms with Gasteiger partial charge in [0.2, 0.25) is 0 Å². The summed E-state index contributed by atoms with van der Waals surface area (Å²) >= 11 is 6.01. The summed E-state index contributed by atoms with van der Waals surface area (Å²) in [7, 11) is 0. The number of aliphatic hydroxyl groups excluding tert-OH is 1. The first kappa shape index (κ1) is 22.6. The predicted molar refractivity (Wildman–Crippen MR) is 125 cm³/mol. The fourth-order valence-corrected chi connectivity index (χ4v) is 4.00. The molecule has 3 aromatic rings. The maximum Gasteiger partial charge on any atom is 0.300 e. The Labute approximate surface area is 195 Å². The Bertz CT molecular complexity index is 1250. The van der Waals surface area contributed by atoms with E-state index in [-0.39, 0.29) is 16.9 Å². The van der Waals surface area contributed by atoms with Gasteiger partial charge in [-0.05, 0) is 79.6 Å². The number of ether oxygens (including phenoxy) is 1. The molecule has 0 aliphatic carbocycles. The molecule has 7 heteroatoms. The molecule has 0 aromatic heterocycles. The van der Waals surface area contributed by atoms with Crippen LogP contribution in [0.1, 0.15) is 29.7 Å². The lowest BCUT2D eigenvalue weighted by Crippen LogP contribution is -2.29. The van der Waals surface area contributed by atoms with Crippen LogP contribution >= 0.6 is 11.6 Å². The summed E-state index contributed by atoms with van der Waals surface area (Å²) in [6.07, 6.45) is 0. The van der Waals surface area contributed by atoms with E-state index in [2.05, 4.69) is 0 Å². The molecule has 1 N–H and O–H groups in total. The zero-order valence-corrected chi connectivity index (χ0v) is 18.8. The van der Waals surface area contributed by atoms with E-state index in [0.717, 1.165) is 0 Å². The molecule has 168 valence electrons. The lowest BCUT2D eigenvalue weighted by Gasteiger charge is -2.25. The van der Waals surface area contributed by atoms with Crippen LogP contribution in [0.2, 0.25) is 5.02 Å². The van der Waals surface area contributed by atoms with E-state index in [4.69, 9.17) is 16.3 Å². The highest BCUT2D eigenvalue weighted by Gasteiger charge is 2.47. The van der Waals surface area contributed by atoms with Crippen molar-refractivity contribution in [3.8, 4) is 5.75 Å². The molecular formula is C26H21ClFNO4. The van der Waals surface area contributed by atoms with Gasteiger partial charge in [-0.3, -0.25) is 14.5 Å². The number of anilines is 1. The number of carbonyl (C=O) groups excluding carboxylic acids is 2. The molecule has 5 nitrogen and oxygen atoms in total. The van der Waals surface area contributed by atoms with Gasteiger partial charge in [-0.25, -0.2) is 4.39 Å². The molecule has 1 heterocycles. The van der Waals surface area contributed by atoms with Gasteiger partial charge in [0.25, 0.3) is 11.7 Å². The number of carbonyl (C=O) groups is 2. The molecule has 1 saturated heterocycles. The van der Waals surface area contributed by atoms with Crippen LogP contribution in [-0.2, 0) is 9.59 Å². The van der Waals surface area contributed by atoms with Gasteiger partial charge in [-0.1, -0.05) is 23.7 Å². The summed E-state index contributed by atoms with van der Waals surface area (Å²) in [5.41, 5.74) is 1.54. The van der Waals surface area contributed by atoms with Crippen molar-refractivity contribution < 1.29 is 23.8 Å². The summed E-state index contributed by atoms with van der Waals surface area (Å²) in [6, 6.07) is 16.6. The highest BCUT2D eigenvalue weighted by Crippen LogP contribution is 2.42. The number of rotatable bonds is 5. The molecule has 1 amide bonds. The standard InChI is InChI=1S/C26H21ClFNO4/c1-3-33-20-11-4-16(5-12-20)23-22(24(30)17-6-13-21(28)15(2)14-17)25(31)26(32)29(23)19-9-7-18(27)8-10-19/h4-14,23,30H,3H2,1-2H3/b24-22-. The highest BCUT2D eigenvalue weighted by atomic mass is 35.5. The number of nitrogens with zero attached hydrogens (tertiary/aromatic N) is 1. The van der Waals surface area contributed by atoms with Crippen LogP contribution in [0.4, 0.5) is 10.1 Å². The van der Waals surface area contributed by atoms with E-state index in [9.17, 15) is 19.1 Å². The van der Waals surface area contributed by atoms with Crippen molar-refractivity contribution in [2.75, 3.05) is 11.5 Å². The fourth-order valence-electron chi connectivity index (χ4n) is 3.88. The van der Waals surface area contributed by atoms with Crippen LogP contribution in [-0.4, -0.2) is 23.4 Å². The average Bonchev–Trinajstić information content (AvgIpc) is 3.07. The first-order valence-electron chi connectivity index (χ1n) is 10.4. The maximum absolute atomic E-state index is 13.8. The summed E-state index contributed by atoms with van der Waals surface area (Å²) in [6.45, 7) is 3.92. The Morgan fingerprint density at radius 1 is 1.06 bits per heavy atom. The number of hydrogen-bond donors (Lipinski definition) is 1. The van der Waals surface area contributed by atoms with E-state index in [1.807, 2.05) is 6.92 Å². The van der Waals surface area contributed by atoms with Crippen molar-refractivity contribution in [3.63, 3.8) is 0 Å². The number of Topliss-reactive ketones (excluding diaryl/α,β-unsaturated/α-hetero) is 1. The second-order valence-corrected chi connectivity index (χ2v) is 8.05. The number of halogens is 2. The molecule has 0 radical (unpaired) electrons. The van der Waals surface area contributed by atoms with E-state index in [0.29, 0.717) is 34.2 Å². The van der Waals surface area contributed by atoms with Gasteiger partial charge in [0.05, 0.1) is 18.2 Å². The number of benzene rings is 3. The minimum absolute atomic E-state index is 0.0786. The molecule has 3 aromatic carbocycles. The minimum Gasteiger partial charge on any atom is -0.507 e. The Balaban J connectivity index is 1.91. The molecule has 0 spiro atoms. The molecule has 0 saturated carbocycles. The normalized spacial score (nSPS) is 17.5. The smallest absolute Gasteiger partial charge is 0.300 e. The Morgan fingerprint density at radius 3 is 2.33 bits per heavy atom. The van der Waals surface area contributed by atoms with Gasteiger partial charge >= 0.3 is 0 Å². The van der Waals surface area contributed by atoms with Crippen LogP contribution < -0.4 is 9.64 Å². The Morgan fingerprint density at radius 2 is 1.73 bits per heavy atom.